The summed E-state index contributed by atoms with van der Waals surface area (Å²) in [6.45, 7) is 1.77. The SMILES string of the molecule is Nc1cccc2c1CCN(c1cnc3ccccc3n1)C2. The molecule has 2 heterocycles. The summed E-state index contributed by atoms with van der Waals surface area (Å²) < 4.78 is 0. The molecule has 2 aromatic carbocycles. The minimum Gasteiger partial charge on any atom is -0.398 e. The van der Waals surface area contributed by atoms with Gasteiger partial charge in [0.05, 0.1) is 17.2 Å². The van der Waals surface area contributed by atoms with Crippen molar-refractivity contribution in [3.8, 4) is 0 Å². The lowest BCUT2D eigenvalue weighted by Gasteiger charge is -2.30. The molecule has 0 bridgehead atoms. The van der Waals surface area contributed by atoms with E-state index >= 15 is 0 Å². The molecule has 0 saturated heterocycles. The number of para-hydroxylation sites is 2. The number of aromatic nitrogens is 2. The molecule has 0 radical (unpaired) electrons. The first kappa shape index (κ1) is 12.1. The maximum absolute atomic E-state index is 6.05. The van der Waals surface area contributed by atoms with E-state index in [9.17, 15) is 0 Å². The highest BCUT2D eigenvalue weighted by Gasteiger charge is 2.19. The van der Waals surface area contributed by atoms with Gasteiger partial charge in [-0.05, 0) is 35.7 Å². The van der Waals surface area contributed by atoms with Crippen molar-refractivity contribution in [2.45, 2.75) is 13.0 Å². The third-order valence-corrected chi connectivity index (χ3v) is 4.06. The Morgan fingerprint density at radius 2 is 1.86 bits per heavy atom. The van der Waals surface area contributed by atoms with Gasteiger partial charge >= 0.3 is 0 Å². The van der Waals surface area contributed by atoms with Gasteiger partial charge in [0.15, 0.2) is 0 Å². The van der Waals surface area contributed by atoms with Gasteiger partial charge in [-0.3, -0.25) is 4.98 Å². The van der Waals surface area contributed by atoms with E-state index in [0.29, 0.717) is 0 Å². The number of anilines is 2. The first-order valence-electron chi connectivity index (χ1n) is 7.14. The number of nitrogens with two attached hydrogens (primary N) is 1. The summed E-state index contributed by atoms with van der Waals surface area (Å²) in [5.74, 6) is 0.932. The fourth-order valence-electron chi connectivity index (χ4n) is 2.93. The molecule has 0 amide bonds. The molecule has 0 saturated carbocycles. The van der Waals surface area contributed by atoms with Crippen molar-refractivity contribution in [3.05, 3.63) is 59.8 Å². The van der Waals surface area contributed by atoms with E-state index < -0.39 is 0 Å². The van der Waals surface area contributed by atoms with Crippen molar-refractivity contribution in [1.82, 2.24) is 9.97 Å². The van der Waals surface area contributed by atoms with Crippen molar-refractivity contribution in [1.29, 1.82) is 0 Å². The zero-order valence-corrected chi connectivity index (χ0v) is 11.7. The molecule has 0 spiro atoms. The molecular weight excluding hydrogens is 260 g/mol. The lowest BCUT2D eigenvalue weighted by molar-refractivity contribution is 0.722. The second-order valence-corrected chi connectivity index (χ2v) is 5.37. The van der Waals surface area contributed by atoms with Gasteiger partial charge in [-0.15, -0.1) is 0 Å². The zero-order valence-electron chi connectivity index (χ0n) is 11.7. The van der Waals surface area contributed by atoms with Crippen LogP contribution in [0.1, 0.15) is 11.1 Å². The molecule has 3 aromatic rings. The minimum absolute atomic E-state index is 0.841. The maximum Gasteiger partial charge on any atom is 0.148 e. The third-order valence-electron chi connectivity index (χ3n) is 4.06. The largest absolute Gasteiger partial charge is 0.398 e. The molecule has 0 atom stereocenters. The average Bonchev–Trinajstić information content (AvgIpc) is 2.54. The van der Waals surface area contributed by atoms with Crippen LogP contribution >= 0.6 is 0 Å². The Kier molecular flexibility index (Phi) is 2.74. The Morgan fingerprint density at radius 3 is 2.76 bits per heavy atom. The molecule has 0 unspecified atom stereocenters. The van der Waals surface area contributed by atoms with Gasteiger partial charge in [-0.2, -0.15) is 0 Å². The van der Waals surface area contributed by atoms with Gasteiger partial charge in [0.2, 0.25) is 0 Å². The number of fused-ring (bicyclic) bond motifs is 2. The van der Waals surface area contributed by atoms with Gasteiger partial charge in [-0.1, -0.05) is 24.3 Å². The zero-order chi connectivity index (χ0) is 14.2. The Labute approximate surface area is 123 Å². The van der Waals surface area contributed by atoms with Crippen LogP contribution in [0.25, 0.3) is 11.0 Å². The smallest absolute Gasteiger partial charge is 0.148 e. The third kappa shape index (κ3) is 2.09. The Bertz CT molecular complexity index is 813. The Morgan fingerprint density at radius 1 is 1.00 bits per heavy atom. The molecule has 0 fully saturated rings. The first-order chi connectivity index (χ1) is 10.3. The van der Waals surface area contributed by atoms with Gasteiger partial charge < -0.3 is 10.6 Å². The van der Waals surface area contributed by atoms with E-state index in [2.05, 4.69) is 16.0 Å². The lowest BCUT2D eigenvalue weighted by atomic mass is 9.98. The standard InChI is InChI=1S/C17H16N4/c18-14-5-3-4-12-11-21(9-8-13(12)14)17-10-19-15-6-1-2-7-16(15)20-17/h1-7,10H,8-9,11,18H2. The summed E-state index contributed by atoms with van der Waals surface area (Å²) in [6, 6.07) is 14.1. The van der Waals surface area contributed by atoms with Crippen LogP contribution in [0, 0.1) is 0 Å². The highest BCUT2D eigenvalue weighted by atomic mass is 15.2. The molecule has 104 valence electrons. The van der Waals surface area contributed by atoms with Crippen LogP contribution in [-0.2, 0) is 13.0 Å². The first-order valence-corrected chi connectivity index (χ1v) is 7.14. The van der Waals surface area contributed by atoms with Crippen LogP contribution in [0.15, 0.2) is 48.7 Å². The van der Waals surface area contributed by atoms with Crippen LogP contribution < -0.4 is 10.6 Å². The van der Waals surface area contributed by atoms with Crippen molar-refractivity contribution < 1.29 is 0 Å². The predicted octanol–water partition coefficient (Wildman–Crippen LogP) is 2.77. The molecule has 1 aliphatic heterocycles. The van der Waals surface area contributed by atoms with Crippen LogP contribution in [0.2, 0.25) is 0 Å². The normalized spacial score (nSPS) is 14.2. The van der Waals surface area contributed by atoms with Crippen molar-refractivity contribution in [2.24, 2.45) is 0 Å². The van der Waals surface area contributed by atoms with Crippen LogP contribution in [0.3, 0.4) is 0 Å². The second-order valence-electron chi connectivity index (χ2n) is 5.37. The van der Waals surface area contributed by atoms with E-state index in [1.165, 1.54) is 11.1 Å². The van der Waals surface area contributed by atoms with Crippen molar-refractivity contribution >= 4 is 22.5 Å². The summed E-state index contributed by atoms with van der Waals surface area (Å²) in [7, 11) is 0. The van der Waals surface area contributed by atoms with E-state index in [-0.39, 0.29) is 0 Å². The summed E-state index contributed by atoms with van der Waals surface area (Å²) >= 11 is 0. The molecule has 21 heavy (non-hydrogen) atoms. The van der Waals surface area contributed by atoms with E-state index in [4.69, 9.17) is 10.7 Å². The maximum atomic E-state index is 6.05. The average molecular weight is 276 g/mol. The van der Waals surface area contributed by atoms with Crippen LogP contribution in [0.4, 0.5) is 11.5 Å². The predicted molar refractivity (Wildman–Crippen MR) is 85.1 cm³/mol. The number of nitrogen functional groups attached to an aromatic ring is 1. The molecule has 0 aliphatic carbocycles. The number of hydrogen-bond donors (Lipinski definition) is 1. The highest BCUT2D eigenvalue weighted by Crippen LogP contribution is 2.27. The Balaban J connectivity index is 1.70. The second kappa shape index (κ2) is 4.74. The van der Waals surface area contributed by atoms with Gasteiger partial charge in [-0.25, -0.2) is 4.98 Å². The van der Waals surface area contributed by atoms with E-state index in [1.807, 2.05) is 42.6 Å². The lowest BCUT2D eigenvalue weighted by Crippen LogP contribution is -2.31. The quantitative estimate of drug-likeness (QED) is 0.694. The van der Waals surface area contributed by atoms with E-state index in [1.54, 1.807) is 0 Å². The molecule has 4 nitrogen and oxygen atoms in total. The van der Waals surface area contributed by atoms with E-state index in [0.717, 1.165) is 42.0 Å². The summed E-state index contributed by atoms with van der Waals surface area (Å²) in [6.07, 6.45) is 2.82. The molecule has 4 rings (SSSR count). The number of rotatable bonds is 1. The molecule has 1 aliphatic rings. The number of nitrogens with zero attached hydrogens (tertiary/aromatic N) is 3. The van der Waals surface area contributed by atoms with Crippen molar-refractivity contribution in [3.63, 3.8) is 0 Å². The van der Waals surface area contributed by atoms with Gasteiger partial charge in [0, 0.05) is 18.8 Å². The van der Waals surface area contributed by atoms with Crippen molar-refractivity contribution in [2.75, 3.05) is 17.2 Å². The monoisotopic (exact) mass is 276 g/mol. The number of hydrogen-bond acceptors (Lipinski definition) is 4. The molecule has 2 N–H and O–H groups in total. The minimum atomic E-state index is 0.841. The molecular formula is C17H16N4. The highest BCUT2D eigenvalue weighted by molar-refractivity contribution is 5.75. The topological polar surface area (TPSA) is 55.0 Å². The fraction of sp³-hybridized carbons (Fsp3) is 0.176. The van der Waals surface area contributed by atoms with Gasteiger partial charge in [0.1, 0.15) is 5.82 Å². The molecule has 1 aromatic heterocycles. The van der Waals surface area contributed by atoms with Crippen LogP contribution in [-0.4, -0.2) is 16.5 Å². The summed E-state index contributed by atoms with van der Waals surface area (Å²) in [4.78, 5) is 11.5. The number of benzene rings is 2. The summed E-state index contributed by atoms with van der Waals surface area (Å²) in [5.41, 5.74) is 11.4. The molecule has 4 heteroatoms. The van der Waals surface area contributed by atoms with Crippen LogP contribution in [0.5, 0.6) is 0 Å². The summed E-state index contributed by atoms with van der Waals surface area (Å²) in [5, 5.41) is 0. The Hall–Kier alpha value is -2.62. The fourth-order valence-corrected chi connectivity index (χ4v) is 2.93. The van der Waals surface area contributed by atoms with Gasteiger partial charge in [0.25, 0.3) is 0 Å².